The van der Waals surface area contributed by atoms with E-state index in [0.29, 0.717) is 17.5 Å². The van der Waals surface area contributed by atoms with E-state index < -0.39 is 0 Å². The molecule has 0 saturated heterocycles. The van der Waals surface area contributed by atoms with Crippen molar-refractivity contribution in [1.82, 2.24) is 4.90 Å². The first-order valence-electron chi connectivity index (χ1n) is 6.96. The predicted octanol–water partition coefficient (Wildman–Crippen LogP) is 2.13. The molecule has 2 rings (SSSR count). The quantitative estimate of drug-likeness (QED) is 0.788. The third-order valence-corrected chi connectivity index (χ3v) is 4.08. The van der Waals surface area contributed by atoms with Gasteiger partial charge in [-0.2, -0.15) is 0 Å². The minimum atomic E-state index is 0.0410. The van der Waals surface area contributed by atoms with Gasteiger partial charge in [0, 0.05) is 30.3 Å². The van der Waals surface area contributed by atoms with Crippen molar-refractivity contribution in [3.63, 3.8) is 0 Å². The number of carbonyl (C=O) groups excluding carboxylic acids is 1. The molecule has 0 bridgehead atoms. The van der Waals surface area contributed by atoms with Gasteiger partial charge in [0.05, 0.1) is 0 Å². The molecule has 0 heterocycles. The van der Waals surface area contributed by atoms with Gasteiger partial charge in [0.1, 0.15) is 4.99 Å². The first kappa shape index (κ1) is 14.9. The zero-order chi connectivity index (χ0) is 14.5. The van der Waals surface area contributed by atoms with Crippen LogP contribution in [0.4, 0.5) is 5.69 Å². The number of amides is 1. The number of rotatable bonds is 6. The number of hydrogen-bond acceptors (Lipinski definition) is 3. The summed E-state index contributed by atoms with van der Waals surface area (Å²) in [6.45, 7) is 0.807. The molecular formula is C15H21N3OS. The minimum Gasteiger partial charge on any atom is -0.389 e. The maximum Gasteiger partial charge on any atom is 0.225 e. The molecule has 0 radical (unpaired) electrons. The molecule has 1 aromatic rings. The van der Waals surface area contributed by atoms with Crippen LogP contribution in [0.1, 0.15) is 31.2 Å². The Labute approximate surface area is 125 Å². The van der Waals surface area contributed by atoms with Crippen LogP contribution in [-0.4, -0.2) is 35.4 Å². The smallest absolute Gasteiger partial charge is 0.225 e. The lowest BCUT2D eigenvalue weighted by atomic mass is 9.92. The van der Waals surface area contributed by atoms with E-state index in [9.17, 15) is 4.79 Å². The summed E-state index contributed by atoms with van der Waals surface area (Å²) in [6.07, 6.45) is 4.36. The molecule has 20 heavy (non-hydrogen) atoms. The van der Waals surface area contributed by atoms with Crippen molar-refractivity contribution >= 4 is 28.8 Å². The van der Waals surface area contributed by atoms with E-state index in [0.717, 1.165) is 17.8 Å². The van der Waals surface area contributed by atoms with Crippen LogP contribution in [0.15, 0.2) is 24.3 Å². The van der Waals surface area contributed by atoms with Crippen molar-refractivity contribution < 1.29 is 4.79 Å². The fraction of sp³-hybridized carbons (Fsp3) is 0.467. The Bertz CT molecular complexity index is 482. The number of thiocarbonyl (C=S) groups is 1. The van der Waals surface area contributed by atoms with Crippen LogP contribution in [0.25, 0.3) is 0 Å². The van der Waals surface area contributed by atoms with E-state index in [-0.39, 0.29) is 5.91 Å². The van der Waals surface area contributed by atoms with Crippen LogP contribution < -0.4 is 11.1 Å². The van der Waals surface area contributed by atoms with E-state index in [1.165, 1.54) is 19.3 Å². The first-order chi connectivity index (χ1) is 9.56. The van der Waals surface area contributed by atoms with Crippen LogP contribution in [-0.2, 0) is 4.79 Å². The predicted molar refractivity (Wildman–Crippen MR) is 85.8 cm³/mol. The highest BCUT2D eigenvalue weighted by atomic mass is 32.1. The molecular weight excluding hydrogens is 270 g/mol. The van der Waals surface area contributed by atoms with Crippen molar-refractivity contribution in [3.8, 4) is 0 Å². The summed E-state index contributed by atoms with van der Waals surface area (Å²) in [5.74, 6) is 0.0410. The van der Waals surface area contributed by atoms with Crippen LogP contribution >= 0.6 is 12.2 Å². The SMILES string of the molecule is CN(CCC(=O)Nc1ccc(C(N)=S)cc1)C1CCC1. The summed E-state index contributed by atoms with van der Waals surface area (Å²) in [6, 6.07) is 7.95. The third kappa shape index (κ3) is 4.02. The van der Waals surface area contributed by atoms with E-state index in [1.807, 2.05) is 24.3 Å². The Hall–Kier alpha value is -1.46. The normalized spacial score (nSPS) is 14.9. The van der Waals surface area contributed by atoms with Crippen molar-refractivity contribution in [1.29, 1.82) is 0 Å². The number of nitrogens with zero attached hydrogens (tertiary/aromatic N) is 1. The van der Waals surface area contributed by atoms with Crippen molar-refractivity contribution in [2.75, 3.05) is 18.9 Å². The zero-order valence-electron chi connectivity index (χ0n) is 11.8. The Morgan fingerprint density at radius 2 is 2.05 bits per heavy atom. The highest BCUT2D eigenvalue weighted by Gasteiger charge is 2.21. The lowest BCUT2D eigenvalue weighted by Crippen LogP contribution is -2.38. The summed E-state index contributed by atoms with van der Waals surface area (Å²) in [7, 11) is 2.09. The van der Waals surface area contributed by atoms with E-state index in [4.69, 9.17) is 18.0 Å². The van der Waals surface area contributed by atoms with Gasteiger partial charge in [-0.05, 0) is 44.2 Å². The minimum absolute atomic E-state index is 0.0410. The molecule has 0 unspecified atom stereocenters. The van der Waals surface area contributed by atoms with Crippen LogP contribution in [0.5, 0.6) is 0 Å². The van der Waals surface area contributed by atoms with Gasteiger partial charge in [-0.3, -0.25) is 4.79 Å². The molecule has 1 aliphatic carbocycles. The van der Waals surface area contributed by atoms with Gasteiger partial charge in [0.25, 0.3) is 0 Å². The first-order valence-corrected chi connectivity index (χ1v) is 7.37. The molecule has 1 aromatic carbocycles. The Morgan fingerprint density at radius 1 is 1.40 bits per heavy atom. The molecule has 1 aliphatic rings. The molecule has 1 fully saturated rings. The molecule has 0 spiro atoms. The lowest BCUT2D eigenvalue weighted by molar-refractivity contribution is -0.116. The number of nitrogens with one attached hydrogen (secondary N) is 1. The maximum absolute atomic E-state index is 11.9. The van der Waals surface area contributed by atoms with Crippen molar-refractivity contribution in [2.45, 2.75) is 31.7 Å². The molecule has 3 N–H and O–H groups in total. The van der Waals surface area contributed by atoms with Gasteiger partial charge in [0.2, 0.25) is 5.91 Å². The second-order valence-electron chi connectivity index (χ2n) is 5.31. The maximum atomic E-state index is 11.9. The molecule has 1 amide bonds. The van der Waals surface area contributed by atoms with Gasteiger partial charge in [0.15, 0.2) is 0 Å². The summed E-state index contributed by atoms with van der Waals surface area (Å²) >= 11 is 4.89. The molecule has 0 atom stereocenters. The van der Waals surface area contributed by atoms with Gasteiger partial charge in [-0.25, -0.2) is 0 Å². The molecule has 4 nitrogen and oxygen atoms in total. The Balaban J connectivity index is 1.77. The van der Waals surface area contributed by atoms with E-state index in [2.05, 4.69) is 17.3 Å². The average Bonchev–Trinajstić information content (AvgIpc) is 2.35. The monoisotopic (exact) mass is 291 g/mol. The van der Waals surface area contributed by atoms with Crippen molar-refractivity contribution in [3.05, 3.63) is 29.8 Å². The fourth-order valence-electron chi connectivity index (χ4n) is 2.23. The summed E-state index contributed by atoms with van der Waals surface area (Å²) in [4.78, 5) is 14.5. The fourth-order valence-corrected chi connectivity index (χ4v) is 2.37. The summed E-state index contributed by atoms with van der Waals surface area (Å²) in [5, 5.41) is 2.89. The highest BCUT2D eigenvalue weighted by Crippen LogP contribution is 2.23. The lowest BCUT2D eigenvalue weighted by Gasteiger charge is -2.34. The second-order valence-corrected chi connectivity index (χ2v) is 5.74. The highest BCUT2D eigenvalue weighted by molar-refractivity contribution is 7.80. The number of hydrogen-bond donors (Lipinski definition) is 2. The Kier molecular flexibility index (Phi) is 5.09. The van der Waals surface area contributed by atoms with E-state index in [1.54, 1.807) is 0 Å². The molecule has 0 aliphatic heterocycles. The number of carbonyl (C=O) groups is 1. The molecule has 5 heteroatoms. The molecule has 0 aromatic heterocycles. The number of benzene rings is 1. The molecule has 108 valence electrons. The van der Waals surface area contributed by atoms with Gasteiger partial charge < -0.3 is 16.0 Å². The summed E-state index contributed by atoms with van der Waals surface area (Å²) in [5.41, 5.74) is 7.12. The number of anilines is 1. The van der Waals surface area contributed by atoms with Crippen LogP contribution in [0.2, 0.25) is 0 Å². The van der Waals surface area contributed by atoms with E-state index >= 15 is 0 Å². The third-order valence-electron chi connectivity index (χ3n) is 3.84. The average molecular weight is 291 g/mol. The number of nitrogens with two attached hydrogens (primary N) is 1. The largest absolute Gasteiger partial charge is 0.389 e. The topological polar surface area (TPSA) is 58.4 Å². The molecule has 1 saturated carbocycles. The van der Waals surface area contributed by atoms with Gasteiger partial charge in [-0.1, -0.05) is 18.6 Å². The summed E-state index contributed by atoms with van der Waals surface area (Å²) < 4.78 is 0. The van der Waals surface area contributed by atoms with Gasteiger partial charge in [-0.15, -0.1) is 0 Å². The van der Waals surface area contributed by atoms with Crippen molar-refractivity contribution in [2.24, 2.45) is 5.73 Å². The Morgan fingerprint density at radius 3 is 2.55 bits per heavy atom. The second kappa shape index (κ2) is 6.81. The standard InChI is InChI=1S/C15H21N3OS/c1-18(13-3-2-4-13)10-9-14(19)17-12-7-5-11(6-8-12)15(16)20/h5-8,13H,2-4,9-10H2,1H3,(H2,16,20)(H,17,19). The van der Waals surface area contributed by atoms with Crippen LogP contribution in [0.3, 0.4) is 0 Å². The van der Waals surface area contributed by atoms with Gasteiger partial charge >= 0.3 is 0 Å². The zero-order valence-corrected chi connectivity index (χ0v) is 12.6. The van der Waals surface area contributed by atoms with Crippen LogP contribution in [0, 0.1) is 0 Å².